The van der Waals surface area contributed by atoms with Crippen LogP contribution in [0, 0.1) is 0 Å². The molecule has 0 heterocycles. The number of nitrogens with zero attached hydrogens (tertiary/aromatic N) is 1. The SMILES string of the molecule is N/C(=N\Nc1ccc(OC(F)(F)F)cc1)c1ccc(NC(Cl)(Cl)Cl)c(P)c1. The van der Waals surface area contributed by atoms with Crippen LogP contribution in [0.4, 0.5) is 24.5 Å². The van der Waals surface area contributed by atoms with E-state index in [4.69, 9.17) is 40.5 Å². The summed E-state index contributed by atoms with van der Waals surface area (Å²) in [5.41, 5.74) is 10.1. The number of ether oxygens (including phenoxy) is 1. The molecule has 2 rings (SSSR count). The van der Waals surface area contributed by atoms with Gasteiger partial charge >= 0.3 is 6.36 Å². The molecule has 1 atom stereocenters. The first-order valence-electron chi connectivity index (χ1n) is 7.13. The summed E-state index contributed by atoms with van der Waals surface area (Å²) < 4.78 is 38.5. The zero-order valence-corrected chi connectivity index (χ0v) is 16.7. The van der Waals surface area contributed by atoms with E-state index < -0.39 is 10.3 Å². The van der Waals surface area contributed by atoms with Crippen LogP contribution < -0.4 is 26.5 Å². The van der Waals surface area contributed by atoms with Crippen LogP contribution in [0.15, 0.2) is 47.6 Å². The summed E-state index contributed by atoms with van der Waals surface area (Å²) in [6.07, 6.45) is -4.75. The van der Waals surface area contributed by atoms with Crippen LogP contribution >= 0.6 is 44.0 Å². The fourth-order valence-corrected chi connectivity index (χ4v) is 2.56. The van der Waals surface area contributed by atoms with Crippen LogP contribution in [-0.2, 0) is 0 Å². The lowest BCUT2D eigenvalue weighted by molar-refractivity contribution is -0.274. The van der Waals surface area contributed by atoms with Gasteiger partial charge in [-0.1, -0.05) is 34.8 Å². The highest BCUT2D eigenvalue weighted by atomic mass is 35.6. The molecule has 0 aromatic heterocycles. The zero-order valence-electron chi connectivity index (χ0n) is 13.3. The van der Waals surface area contributed by atoms with Gasteiger partial charge in [0.2, 0.25) is 0 Å². The number of anilines is 2. The Hall–Kier alpha value is -1.60. The van der Waals surface area contributed by atoms with Crippen LogP contribution in [0.25, 0.3) is 0 Å². The van der Waals surface area contributed by atoms with Crippen molar-refractivity contribution in [3.05, 3.63) is 48.0 Å². The van der Waals surface area contributed by atoms with E-state index in [2.05, 4.69) is 29.8 Å². The van der Waals surface area contributed by atoms with E-state index in [1.807, 2.05) is 0 Å². The van der Waals surface area contributed by atoms with Crippen molar-refractivity contribution in [2.45, 2.75) is 10.3 Å². The van der Waals surface area contributed by atoms with Gasteiger partial charge in [0.25, 0.3) is 3.92 Å². The predicted molar refractivity (Wildman–Crippen MR) is 107 cm³/mol. The molecule has 0 amide bonds. The molecule has 0 fully saturated rings. The second kappa shape index (κ2) is 8.61. The standard InChI is InChI=1S/C15H13Cl3F3N4OP/c16-14(17,18)23-11-6-1-8(7-12(11)27)13(22)25-24-9-2-4-10(5-3-9)26-15(19,20)21/h1-7,23-24H,27H2,(H2,22,25). The number of halogens is 6. The third-order valence-electron chi connectivity index (χ3n) is 3.02. The van der Waals surface area contributed by atoms with Crippen LogP contribution in [0.3, 0.4) is 0 Å². The first-order valence-corrected chi connectivity index (χ1v) is 8.84. The molecule has 27 heavy (non-hydrogen) atoms. The molecule has 2 aromatic rings. The Balaban J connectivity index is 2.06. The number of rotatable bonds is 5. The van der Waals surface area contributed by atoms with Crippen molar-refractivity contribution in [3.63, 3.8) is 0 Å². The van der Waals surface area contributed by atoms with Gasteiger partial charge in [0.05, 0.1) is 5.69 Å². The Morgan fingerprint density at radius 2 is 1.70 bits per heavy atom. The quantitative estimate of drug-likeness (QED) is 0.153. The Morgan fingerprint density at radius 1 is 1.07 bits per heavy atom. The summed E-state index contributed by atoms with van der Waals surface area (Å²) in [6, 6.07) is 10.1. The molecule has 12 heteroatoms. The van der Waals surface area contributed by atoms with Crippen molar-refractivity contribution in [1.29, 1.82) is 0 Å². The van der Waals surface area contributed by atoms with E-state index in [9.17, 15) is 13.2 Å². The number of hydrogen-bond acceptors (Lipinski definition) is 4. The monoisotopic (exact) mass is 458 g/mol. The second-order valence-corrected chi connectivity index (χ2v) is 8.01. The molecule has 146 valence electrons. The Morgan fingerprint density at radius 3 is 2.22 bits per heavy atom. The van der Waals surface area contributed by atoms with E-state index in [1.165, 1.54) is 12.1 Å². The van der Waals surface area contributed by atoms with Crippen molar-refractivity contribution in [1.82, 2.24) is 0 Å². The van der Waals surface area contributed by atoms with Crippen LogP contribution in [-0.4, -0.2) is 16.1 Å². The zero-order chi connectivity index (χ0) is 20.2. The maximum Gasteiger partial charge on any atom is 0.573 e. The Bertz CT molecular complexity index is 827. The van der Waals surface area contributed by atoms with Crippen molar-refractivity contribution in [3.8, 4) is 5.75 Å². The molecule has 0 spiro atoms. The Kier molecular flexibility index (Phi) is 6.92. The van der Waals surface area contributed by atoms with Gasteiger partial charge in [0.1, 0.15) is 5.75 Å². The number of hydrogen-bond donors (Lipinski definition) is 3. The highest BCUT2D eigenvalue weighted by Gasteiger charge is 2.30. The minimum Gasteiger partial charge on any atom is -0.406 e. The summed E-state index contributed by atoms with van der Waals surface area (Å²) in [5.74, 6) is -0.190. The molecule has 0 aliphatic carbocycles. The molecule has 0 bridgehead atoms. The first kappa shape index (κ1) is 21.7. The molecular weight excluding hydrogens is 447 g/mol. The van der Waals surface area contributed by atoms with Gasteiger partial charge < -0.3 is 15.8 Å². The molecule has 0 radical (unpaired) electrons. The molecule has 0 aliphatic heterocycles. The van der Waals surface area contributed by atoms with Crippen molar-refractivity contribution in [2.75, 3.05) is 10.7 Å². The second-order valence-electron chi connectivity index (χ2n) is 5.11. The summed E-state index contributed by atoms with van der Waals surface area (Å²) in [5, 5.41) is 7.36. The fraction of sp³-hybridized carbons (Fsp3) is 0.133. The number of benzene rings is 2. The summed E-state index contributed by atoms with van der Waals surface area (Å²) >= 11 is 17.1. The molecule has 0 saturated carbocycles. The van der Waals surface area contributed by atoms with Gasteiger partial charge in [-0.25, -0.2) is 0 Å². The molecule has 5 nitrogen and oxygen atoms in total. The molecule has 0 saturated heterocycles. The van der Waals surface area contributed by atoms with Gasteiger partial charge in [0.15, 0.2) is 5.84 Å². The van der Waals surface area contributed by atoms with Gasteiger partial charge in [-0.2, -0.15) is 5.10 Å². The summed E-state index contributed by atoms with van der Waals surface area (Å²) in [7, 11) is 2.47. The average molecular weight is 460 g/mol. The van der Waals surface area contributed by atoms with Gasteiger partial charge in [-0.3, -0.25) is 5.43 Å². The third-order valence-corrected chi connectivity index (χ3v) is 3.78. The molecule has 1 unspecified atom stereocenters. The number of alkyl halides is 6. The third kappa shape index (κ3) is 7.50. The lowest BCUT2D eigenvalue weighted by atomic mass is 10.2. The fourth-order valence-electron chi connectivity index (χ4n) is 1.91. The molecular formula is C15H13Cl3F3N4OP. The van der Waals surface area contributed by atoms with Gasteiger partial charge in [-0.05, 0) is 47.8 Å². The van der Waals surface area contributed by atoms with Crippen molar-refractivity contribution < 1.29 is 17.9 Å². The normalized spacial score (nSPS) is 12.6. The van der Waals surface area contributed by atoms with E-state index >= 15 is 0 Å². The lowest BCUT2D eigenvalue weighted by Gasteiger charge is -2.17. The smallest absolute Gasteiger partial charge is 0.406 e. The highest BCUT2D eigenvalue weighted by molar-refractivity contribution is 7.28. The summed E-state index contributed by atoms with van der Waals surface area (Å²) in [6.45, 7) is 0. The maximum atomic E-state index is 12.1. The Labute approximate surface area is 170 Å². The maximum absolute atomic E-state index is 12.1. The minimum absolute atomic E-state index is 0.148. The summed E-state index contributed by atoms with van der Waals surface area (Å²) in [4.78, 5) is 0. The number of amidine groups is 1. The van der Waals surface area contributed by atoms with Gasteiger partial charge in [0, 0.05) is 11.3 Å². The van der Waals surface area contributed by atoms with Crippen LogP contribution in [0.5, 0.6) is 5.75 Å². The van der Waals surface area contributed by atoms with Crippen molar-refractivity contribution in [2.24, 2.45) is 10.8 Å². The van der Waals surface area contributed by atoms with E-state index in [0.717, 1.165) is 12.1 Å². The van der Waals surface area contributed by atoms with E-state index in [1.54, 1.807) is 18.2 Å². The highest BCUT2D eigenvalue weighted by Crippen LogP contribution is 2.28. The lowest BCUT2D eigenvalue weighted by Crippen LogP contribution is -2.22. The number of nitrogens with two attached hydrogens (primary N) is 1. The van der Waals surface area contributed by atoms with Gasteiger partial charge in [-0.15, -0.1) is 22.4 Å². The number of hydrazone groups is 1. The van der Waals surface area contributed by atoms with E-state index in [0.29, 0.717) is 22.2 Å². The minimum atomic E-state index is -4.75. The first-order chi connectivity index (χ1) is 12.4. The van der Waals surface area contributed by atoms with E-state index in [-0.39, 0.29) is 11.6 Å². The van der Waals surface area contributed by atoms with Crippen molar-refractivity contribution >= 4 is 66.6 Å². The topological polar surface area (TPSA) is 71.7 Å². The van der Waals surface area contributed by atoms with Crippen LogP contribution in [0.2, 0.25) is 0 Å². The molecule has 2 aromatic carbocycles. The average Bonchev–Trinajstić information content (AvgIpc) is 2.53. The molecule has 0 aliphatic rings. The molecule has 4 N–H and O–H groups in total. The largest absolute Gasteiger partial charge is 0.573 e. The number of nitrogens with one attached hydrogen (secondary N) is 2. The predicted octanol–water partition coefficient (Wildman–Crippen LogP) is 4.56. The van der Waals surface area contributed by atoms with Crippen LogP contribution in [0.1, 0.15) is 5.56 Å².